The molecule has 3 rings (SSSR count). The van der Waals surface area contributed by atoms with Crippen molar-refractivity contribution in [2.24, 2.45) is 0 Å². The first kappa shape index (κ1) is 22.7. The highest BCUT2D eigenvalue weighted by Gasteiger charge is 2.33. The van der Waals surface area contributed by atoms with Gasteiger partial charge in [0.15, 0.2) is 5.76 Å². The molecule has 1 heterocycles. The Hall–Kier alpha value is -2.98. The molecule has 0 fully saturated rings. The summed E-state index contributed by atoms with van der Waals surface area (Å²) in [4.78, 5) is -0.713. The fourth-order valence-electron chi connectivity index (χ4n) is 2.59. The van der Waals surface area contributed by atoms with Crippen LogP contribution in [-0.2, 0) is 16.2 Å². The van der Waals surface area contributed by atoms with E-state index >= 15 is 0 Å². The van der Waals surface area contributed by atoms with Crippen LogP contribution in [0.5, 0.6) is 5.75 Å². The third-order valence-corrected chi connectivity index (χ3v) is 6.05. The maximum Gasteiger partial charge on any atom is 0.416 e. The lowest BCUT2D eigenvalue weighted by molar-refractivity contribution is -0.137. The summed E-state index contributed by atoms with van der Waals surface area (Å²) >= 11 is 5.87. The van der Waals surface area contributed by atoms with Crippen LogP contribution in [0.2, 0.25) is 5.02 Å². The van der Waals surface area contributed by atoms with E-state index in [0.717, 1.165) is 11.6 Å². The second kappa shape index (κ2) is 8.64. The molecule has 0 atom stereocenters. The van der Waals surface area contributed by atoms with Crippen molar-refractivity contribution in [1.82, 2.24) is 5.16 Å². The van der Waals surface area contributed by atoms with Gasteiger partial charge >= 0.3 is 6.18 Å². The Morgan fingerprint density at radius 2 is 1.81 bits per heavy atom. The SMILES string of the molecule is COc1ccc(C=Cc2noc(C)c2NS(=O)(=O)c2cc(C(F)(F)F)ccc2Cl)cc1. The molecule has 0 radical (unpaired) electrons. The Labute approximate surface area is 181 Å². The van der Waals surface area contributed by atoms with E-state index in [0.29, 0.717) is 17.9 Å². The number of hydrogen-bond acceptors (Lipinski definition) is 5. The molecule has 31 heavy (non-hydrogen) atoms. The molecule has 2 aromatic carbocycles. The van der Waals surface area contributed by atoms with Gasteiger partial charge in [0, 0.05) is 0 Å². The van der Waals surface area contributed by atoms with Gasteiger partial charge in [-0.1, -0.05) is 35.0 Å². The Kier molecular flexibility index (Phi) is 6.33. The lowest BCUT2D eigenvalue weighted by Crippen LogP contribution is -2.16. The summed E-state index contributed by atoms with van der Waals surface area (Å²) in [7, 11) is -2.93. The van der Waals surface area contributed by atoms with Gasteiger partial charge in [-0.2, -0.15) is 13.2 Å². The van der Waals surface area contributed by atoms with Gasteiger partial charge in [0.05, 0.1) is 17.7 Å². The first-order chi connectivity index (χ1) is 14.5. The van der Waals surface area contributed by atoms with Crippen LogP contribution in [0.15, 0.2) is 51.9 Å². The van der Waals surface area contributed by atoms with Crippen molar-refractivity contribution in [2.75, 3.05) is 11.8 Å². The Morgan fingerprint density at radius 3 is 2.42 bits per heavy atom. The molecule has 6 nitrogen and oxygen atoms in total. The van der Waals surface area contributed by atoms with Crippen LogP contribution in [0.4, 0.5) is 18.9 Å². The molecule has 0 amide bonds. The molecule has 164 valence electrons. The number of sulfonamides is 1. The maximum absolute atomic E-state index is 13.0. The second-order valence-electron chi connectivity index (χ2n) is 6.35. The first-order valence-corrected chi connectivity index (χ1v) is 10.6. The van der Waals surface area contributed by atoms with Gasteiger partial charge in [-0.25, -0.2) is 8.42 Å². The number of aryl methyl sites for hydroxylation is 1. The van der Waals surface area contributed by atoms with Gasteiger partial charge in [-0.15, -0.1) is 0 Å². The molecule has 0 aliphatic rings. The molecule has 0 unspecified atom stereocenters. The molecule has 0 saturated carbocycles. The third-order valence-electron chi connectivity index (χ3n) is 4.22. The number of hydrogen-bond donors (Lipinski definition) is 1. The second-order valence-corrected chi connectivity index (χ2v) is 8.41. The number of nitrogens with one attached hydrogen (secondary N) is 1. The zero-order valence-electron chi connectivity index (χ0n) is 16.2. The summed E-state index contributed by atoms with van der Waals surface area (Å²) in [6, 6.07) is 9.09. The molecule has 0 bridgehead atoms. The fourth-order valence-corrected chi connectivity index (χ4v) is 4.25. The first-order valence-electron chi connectivity index (χ1n) is 8.69. The molecular formula is C20H16ClF3N2O4S. The van der Waals surface area contributed by atoms with E-state index in [2.05, 4.69) is 9.88 Å². The summed E-state index contributed by atoms with van der Waals surface area (Å²) in [5, 5.41) is 3.44. The van der Waals surface area contributed by atoms with E-state index in [1.54, 1.807) is 30.3 Å². The number of ether oxygens (including phenoxy) is 1. The number of halogens is 4. The number of nitrogens with zero attached hydrogens (tertiary/aromatic N) is 1. The molecule has 0 aliphatic carbocycles. The minimum Gasteiger partial charge on any atom is -0.497 e. The minimum absolute atomic E-state index is 0.0155. The maximum atomic E-state index is 13.0. The van der Waals surface area contributed by atoms with Crippen LogP contribution in [0.3, 0.4) is 0 Å². The number of alkyl halides is 3. The van der Waals surface area contributed by atoms with Crippen LogP contribution >= 0.6 is 11.6 Å². The summed E-state index contributed by atoms with van der Waals surface area (Å²) in [5.41, 5.74) is -0.242. The van der Waals surface area contributed by atoms with Crippen molar-refractivity contribution in [3.63, 3.8) is 0 Å². The average molecular weight is 473 g/mol. The Balaban J connectivity index is 1.93. The average Bonchev–Trinajstić information content (AvgIpc) is 3.05. The summed E-state index contributed by atoms with van der Waals surface area (Å²) in [5.74, 6) is 0.793. The Morgan fingerprint density at radius 1 is 1.13 bits per heavy atom. The molecule has 11 heteroatoms. The zero-order chi connectivity index (χ0) is 22.8. The van der Waals surface area contributed by atoms with E-state index in [1.165, 1.54) is 20.1 Å². The van der Waals surface area contributed by atoms with E-state index in [-0.39, 0.29) is 22.2 Å². The van der Waals surface area contributed by atoms with E-state index in [4.69, 9.17) is 20.9 Å². The summed E-state index contributed by atoms with van der Waals surface area (Å²) in [6.45, 7) is 1.46. The van der Waals surface area contributed by atoms with E-state index in [9.17, 15) is 21.6 Å². The molecule has 3 aromatic rings. The van der Waals surface area contributed by atoms with E-state index in [1.807, 2.05) is 0 Å². The van der Waals surface area contributed by atoms with Gasteiger partial charge in [-0.05, 0) is 48.9 Å². The standard InChI is InChI=1S/C20H16ClF3N2O4S/c1-12-19(17(25-30-12)10-5-13-3-7-15(29-2)8-4-13)26-31(27,28)18-11-14(20(22,23)24)6-9-16(18)21/h3-11,26H,1-2H3. The van der Waals surface area contributed by atoms with E-state index < -0.39 is 26.7 Å². The molecule has 1 aromatic heterocycles. The van der Waals surface area contributed by atoms with Crippen molar-refractivity contribution in [3.05, 3.63) is 70.1 Å². The molecule has 0 saturated heterocycles. The van der Waals surface area contributed by atoms with Gasteiger partial charge in [0.1, 0.15) is 22.0 Å². The molecular weight excluding hydrogens is 457 g/mol. The van der Waals surface area contributed by atoms with Crippen molar-refractivity contribution in [3.8, 4) is 5.75 Å². The van der Waals surface area contributed by atoms with Crippen LogP contribution in [-0.4, -0.2) is 20.7 Å². The minimum atomic E-state index is -4.73. The van der Waals surface area contributed by atoms with Gasteiger partial charge in [-0.3, -0.25) is 4.72 Å². The molecule has 0 spiro atoms. The fraction of sp³-hybridized carbons (Fsp3) is 0.150. The number of methoxy groups -OCH3 is 1. The highest BCUT2D eigenvalue weighted by atomic mass is 35.5. The van der Waals surface area contributed by atoms with Crippen molar-refractivity contribution >= 4 is 39.5 Å². The van der Waals surface area contributed by atoms with Crippen LogP contribution in [0, 0.1) is 6.92 Å². The summed E-state index contributed by atoms with van der Waals surface area (Å²) < 4.78 is 76.9. The van der Waals surface area contributed by atoms with Gasteiger partial charge in [0.25, 0.3) is 10.0 Å². The topological polar surface area (TPSA) is 81.4 Å². The van der Waals surface area contributed by atoms with Crippen LogP contribution in [0.25, 0.3) is 12.2 Å². The normalized spacial score (nSPS) is 12.3. The van der Waals surface area contributed by atoms with Gasteiger partial charge in [0.2, 0.25) is 0 Å². The number of rotatable bonds is 6. The summed E-state index contributed by atoms with van der Waals surface area (Å²) in [6.07, 6.45) is -1.57. The van der Waals surface area contributed by atoms with Crippen LogP contribution < -0.4 is 9.46 Å². The van der Waals surface area contributed by atoms with Gasteiger partial charge < -0.3 is 9.26 Å². The molecule has 0 aliphatic heterocycles. The zero-order valence-corrected chi connectivity index (χ0v) is 17.8. The van der Waals surface area contributed by atoms with Crippen molar-refractivity contribution < 1.29 is 30.8 Å². The molecule has 1 N–H and O–H groups in total. The highest BCUT2D eigenvalue weighted by molar-refractivity contribution is 7.92. The number of aromatic nitrogens is 1. The lowest BCUT2D eigenvalue weighted by Gasteiger charge is -2.12. The smallest absolute Gasteiger partial charge is 0.416 e. The van der Waals surface area contributed by atoms with Crippen LogP contribution in [0.1, 0.15) is 22.6 Å². The Bertz CT molecular complexity index is 1220. The predicted octanol–water partition coefficient (Wildman–Crippen LogP) is 5.64. The monoisotopic (exact) mass is 472 g/mol. The lowest BCUT2D eigenvalue weighted by atomic mass is 10.2. The third kappa shape index (κ3) is 5.20. The number of benzene rings is 2. The van der Waals surface area contributed by atoms with Crippen molar-refractivity contribution in [1.29, 1.82) is 0 Å². The number of anilines is 1. The highest BCUT2D eigenvalue weighted by Crippen LogP contribution is 2.34. The van der Waals surface area contributed by atoms with Crippen molar-refractivity contribution in [2.45, 2.75) is 18.0 Å². The predicted molar refractivity (Wildman–Crippen MR) is 110 cm³/mol. The quantitative estimate of drug-likeness (QED) is 0.502. The largest absolute Gasteiger partial charge is 0.497 e.